The first-order chi connectivity index (χ1) is 8.72. The van der Waals surface area contributed by atoms with Crippen molar-refractivity contribution in [3.05, 3.63) is 47.7 Å². The third-order valence-electron chi connectivity index (χ3n) is 2.70. The van der Waals surface area contributed by atoms with Crippen LogP contribution in [0.4, 0.5) is 0 Å². The van der Waals surface area contributed by atoms with Crippen molar-refractivity contribution in [2.24, 2.45) is 0 Å². The number of aliphatic hydroxyl groups is 1. The zero-order valence-corrected chi connectivity index (χ0v) is 10.6. The number of aromatic nitrogens is 1. The van der Waals surface area contributed by atoms with E-state index < -0.39 is 0 Å². The van der Waals surface area contributed by atoms with Gasteiger partial charge in [0.1, 0.15) is 23.8 Å². The smallest absolute Gasteiger partial charge is 0.181 e. The van der Waals surface area contributed by atoms with Gasteiger partial charge in [-0.3, -0.25) is 0 Å². The van der Waals surface area contributed by atoms with E-state index in [0.717, 1.165) is 17.0 Å². The third kappa shape index (κ3) is 2.71. The summed E-state index contributed by atoms with van der Waals surface area (Å²) in [6, 6.07) is 7.41. The summed E-state index contributed by atoms with van der Waals surface area (Å²) in [7, 11) is 0. The average molecular weight is 247 g/mol. The van der Waals surface area contributed by atoms with Crippen LogP contribution in [-0.2, 0) is 13.2 Å². The average Bonchev–Trinajstić information content (AvgIpc) is 2.85. The molecule has 0 atom stereocenters. The summed E-state index contributed by atoms with van der Waals surface area (Å²) in [5, 5.41) is 9.20. The van der Waals surface area contributed by atoms with Crippen LogP contribution >= 0.6 is 0 Å². The Balaban J connectivity index is 2.09. The Labute approximate surface area is 106 Å². The number of hydrogen-bond acceptors (Lipinski definition) is 4. The molecular weight excluding hydrogens is 230 g/mol. The van der Waals surface area contributed by atoms with Crippen molar-refractivity contribution in [2.45, 2.75) is 33.0 Å². The summed E-state index contributed by atoms with van der Waals surface area (Å²) < 4.78 is 11.0. The van der Waals surface area contributed by atoms with E-state index in [1.54, 1.807) is 0 Å². The second kappa shape index (κ2) is 5.69. The van der Waals surface area contributed by atoms with Gasteiger partial charge < -0.3 is 14.3 Å². The van der Waals surface area contributed by atoms with E-state index in [2.05, 4.69) is 4.98 Å². The molecule has 0 unspecified atom stereocenters. The maximum Gasteiger partial charge on any atom is 0.181 e. The van der Waals surface area contributed by atoms with Crippen molar-refractivity contribution >= 4 is 0 Å². The van der Waals surface area contributed by atoms with Gasteiger partial charge in [-0.2, -0.15) is 0 Å². The fourth-order valence-corrected chi connectivity index (χ4v) is 1.78. The minimum absolute atomic E-state index is 0.0357. The predicted molar refractivity (Wildman–Crippen MR) is 67.3 cm³/mol. The van der Waals surface area contributed by atoms with E-state index >= 15 is 0 Å². The molecule has 18 heavy (non-hydrogen) atoms. The molecule has 0 bridgehead atoms. The predicted octanol–water partition coefficient (Wildman–Crippen LogP) is 2.87. The second-order valence-corrected chi connectivity index (χ2v) is 4.37. The second-order valence-electron chi connectivity index (χ2n) is 4.37. The van der Waals surface area contributed by atoms with E-state index in [4.69, 9.17) is 9.15 Å². The van der Waals surface area contributed by atoms with Gasteiger partial charge in [0.15, 0.2) is 6.39 Å². The van der Waals surface area contributed by atoms with Crippen molar-refractivity contribution in [2.75, 3.05) is 0 Å². The van der Waals surface area contributed by atoms with Gasteiger partial charge >= 0.3 is 0 Å². The van der Waals surface area contributed by atoms with Crippen LogP contribution in [0.3, 0.4) is 0 Å². The van der Waals surface area contributed by atoms with Crippen LogP contribution in [0.2, 0.25) is 0 Å². The Morgan fingerprint density at radius 3 is 2.83 bits per heavy atom. The number of benzene rings is 1. The first-order valence-electron chi connectivity index (χ1n) is 5.96. The Hall–Kier alpha value is -1.81. The number of oxazole rings is 1. The lowest BCUT2D eigenvalue weighted by molar-refractivity contribution is 0.256. The minimum Gasteiger partial charge on any atom is -0.487 e. The van der Waals surface area contributed by atoms with Crippen molar-refractivity contribution in [3.8, 4) is 5.75 Å². The zero-order chi connectivity index (χ0) is 13.0. The number of nitrogens with zero attached hydrogens (tertiary/aromatic N) is 1. The molecule has 1 aromatic carbocycles. The summed E-state index contributed by atoms with van der Waals surface area (Å²) in [6.07, 6.45) is 1.44. The SMILES string of the molecule is CC(C)c1ocnc1COc1ccccc1CO. The molecule has 0 aliphatic heterocycles. The van der Waals surface area contributed by atoms with E-state index in [9.17, 15) is 5.11 Å². The highest BCUT2D eigenvalue weighted by Gasteiger charge is 2.13. The van der Waals surface area contributed by atoms with Gasteiger partial charge in [0.05, 0.1) is 6.61 Å². The molecule has 0 amide bonds. The van der Waals surface area contributed by atoms with Crippen LogP contribution in [0, 0.1) is 0 Å². The Kier molecular flexibility index (Phi) is 3.99. The van der Waals surface area contributed by atoms with Gasteiger partial charge in [-0.05, 0) is 6.07 Å². The molecule has 1 heterocycles. The lowest BCUT2D eigenvalue weighted by Gasteiger charge is -2.09. The first kappa shape index (κ1) is 12.6. The maximum absolute atomic E-state index is 9.20. The summed E-state index contributed by atoms with van der Waals surface area (Å²) in [5.74, 6) is 1.80. The standard InChI is InChI=1S/C14H17NO3/c1-10(2)14-12(15-9-18-14)8-17-13-6-4-3-5-11(13)7-16/h3-6,9-10,16H,7-8H2,1-2H3. The lowest BCUT2D eigenvalue weighted by Crippen LogP contribution is -2.02. The molecule has 4 nitrogen and oxygen atoms in total. The van der Waals surface area contributed by atoms with Gasteiger partial charge in [-0.15, -0.1) is 0 Å². The van der Waals surface area contributed by atoms with Crippen molar-refractivity contribution in [1.82, 2.24) is 4.98 Å². The fraction of sp³-hybridized carbons (Fsp3) is 0.357. The molecule has 4 heteroatoms. The molecule has 0 saturated carbocycles. The van der Waals surface area contributed by atoms with Gasteiger partial charge in [-0.1, -0.05) is 32.0 Å². The number of ether oxygens (including phenoxy) is 1. The molecule has 0 spiro atoms. The van der Waals surface area contributed by atoms with Crippen LogP contribution in [0.25, 0.3) is 0 Å². The minimum atomic E-state index is -0.0357. The third-order valence-corrected chi connectivity index (χ3v) is 2.70. The van der Waals surface area contributed by atoms with E-state index in [1.807, 2.05) is 38.1 Å². The fourth-order valence-electron chi connectivity index (χ4n) is 1.78. The molecule has 0 aliphatic carbocycles. The summed E-state index contributed by atoms with van der Waals surface area (Å²) in [5.41, 5.74) is 1.57. The van der Waals surface area contributed by atoms with Crippen LogP contribution in [-0.4, -0.2) is 10.1 Å². The Morgan fingerprint density at radius 2 is 2.11 bits per heavy atom. The molecule has 1 aromatic heterocycles. The topological polar surface area (TPSA) is 55.5 Å². The Morgan fingerprint density at radius 1 is 1.33 bits per heavy atom. The molecule has 96 valence electrons. The van der Waals surface area contributed by atoms with Gasteiger partial charge in [0, 0.05) is 11.5 Å². The Bertz CT molecular complexity index is 505. The van der Waals surface area contributed by atoms with E-state index in [0.29, 0.717) is 12.4 Å². The highest BCUT2D eigenvalue weighted by Crippen LogP contribution is 2.22. The highest BCUT2D eigenvalue weighted by atomic mass is 16.5. The van der Waals surface area contributed by atoms with Crippen LogP contribution < -0.4 is 4.74 Å². The summed E-state index contributed by atoms with van der Waals surface area (Å²) >= 11 is 0. The molecule has 0 radical (unpaired) electrons. The van der Waals surface area contributed by atoms with Crippen LogP contribution in [0.15, 0.2) is 35.1 Å². The van der Waals surface area contributed by atoms with Crippen molar-refractivity contribution in [1.29, 1.82) is 0 Å². The van der Waals surface area contributed by atoms with Crippen molar-refractivity contribution in [3.63, 3.8) is 0 Å². The maximum atomic E-state index is 9.20. The molecule has 0 fully saturated rings. The monoisotopic (exact) mass is 247 g/mol. The highest BCUT2D eigenvalue weighted by molar-refractivity contribution is 5.32. The number of hydrogen-bond donors (Lipinski definition) is 1. The molecular formula is C14H17NO3. The molecule has 2 rings (SSSR count). The van der Waals surface area contributed by atoms with E-state index in [-0.39, 0.29) is 12.5 Å². The normalized spacial score (nSPS) is 10.9. The number of rotatable bonds is 5. The largest absolute Gasteiger partial charge is 0.487 e. The zero-order valence-electron chi connectivity index (χ0n) is 10.6. The number of para-hydroxylation sites is 1. The molecule has 0 aliphatic rings. The quantitative estimate of drug-likeness (QED) is 0.882. The van der Waals surface area contributed by atoms with Crippen LogP contribution in [0.5, 0.6) is 5.75 Å². The van der Waals surface area contributed by atoms with Gasteiger partial charge in [0.25, 0.3) is 0 Å². The van der Waals surface area contributed by atoms with Crippen LogP contribution in [0.1, 0.15) is 36.8 Å². The number of aliphatic hydroxyl groups excluding tert-OH is 1. The lowest BCUT2D eigenvalue weighted by atomic mass is 10.1. The molecule has 1 N–H and O–H groups in total. The summed E-state index contributed by atoms with van der Waals surface area (Å²) in [6.45, 7) is 4.41. The first-order valence-corrected chi connectivity index (χ1v) is 5.96. The van der Waals surface area contributed by atoms with Gasteiger partial charge in [0.2, 0.25) is 0 Å². The van der Waals surface area contributed by atoms with Crippen molar-refractivity contribution < 1.29 is 14.3 Å². The molecule has 0 saturated heterocycles. The van der Waals surface area contributed by atoms with E-state index in [1.165, 1.54) is 6.39 Å². The van der Waals surface area contributed by atoms with Gasteiger partial charge in [-0.25, -0.2) is 4.98 Å². The summed E-state index contributed by atoms with van der Waals surface area (Å²) in [4.78, 5) is 4.15. The molecule has 2 aromatic rings.